The van der Waals surface area contributed by atoms with Gasteiger partial charge in [0.15, 0.2) is 0 Å². The number of halogens is 1. The highest BCUT2D eigenvalue weighted by atomic mass is 79.9. The molecule has 4 rings (SSSR count). The summed E-state index contributed by atoms with van der Waals surface area (Å²) in [4.78, 5) is 20.7. The minimum atomic E-state index is -0.187. The summed E-state index contributed by atoms with van der Waals surface area (Å²) in [6.45, 7) is 1.96. The van der Waals surface area contributed by atoms with Crippen molar-refractivity contribution in [3.63, 3.8) is 0 Å². The fourth-order valence-electron chi connectivity index (χ4n) is 3.00. The zero-order chi connectivity index (χ0) is 19.7. The van der Waals surface area contributed by atoms with E-state index in [9.17, 15) is 4.79 Å². The topological polar surface area (TPSA) is 67.0 Å². The van der Waals surface area contributed by atoms with E-state index in [4.69, 9.17) is 4.74 Å². The van der Waals surface area contributed by atoms with E-state index in [2.05, 4.69) is 31.2 Å². The summed E-state index contributed by atoms with van der Waals surface area (Å²) in [7, 11) is 1.59. The number of nitrogens with one attached hydrogen (secondary N) is 2. The van der Waals surface area contributed by atoms with Gasteiger partial charge in [0.25, 0.3) is 5.91 Å². The maximum absolute atomic E-state index is 12.7. The predicted octanol–water partition coefficient (Wildman–Crippen LogP) is 5.56. The SMILES string of the molecule is COc1ccc(C(=O)Nc2cc(-c3nc4ccccc4[nH]3)ccc2C)cc1Br. The lowest BCUT2D eigenvalue weighted by Crippen LogP contribution is -2.13. The Labute approximate surface area is 170 Å². The van der Waals surface area contributed by atoms with Crippen molar-refractivity contribution in [3.8, 4) is 17.1 Å². The van der Waals surface area contributed by atoms with E-state index in [0.29, 0.717) is 11.3 Å². The van der Waals surface area contributed by atoms with E-state index in [-0.39, 0.29) is 5.91 Å². The van der Waals surface area contributed by atoms with Crippen molar-refractivity contribution < 1.29 is 9.53 Å². The average molecular weight is 436 g/mol. The molecule has 1 amide bonds. The molecule has 28 heavy (non-hydrogen) atoms. The fourth-order valence-corrected chi connectivity index (χ4v) is 3.54. The predicted molar refractivity (Wildman–Crippen MR) is 115 cm³/mol. The number of benzene rings is 3. The van der Waals surface area contributed by atoms with Crippen molar-refractivity contribution in [1.82, 2.24) is 9.97 Å². The number of amides is 1. The highest BCUT2D eigenvalue weighted by molar-refractivity contribution is 9.10. The molecule has 1 aromatic heterocycles. The van der Waals surface area contributed by atoms with Gasteiger partial charge in [-0.1, -0.05) is 24.3 Å². The fraction of sp³-hybridized carbons (Fsp3) is 0.0909. The van der Waals surface area contributed by atoms with Crippen molar-refractivity contribution >= 4 is 38.6 Å². The van der Waals surface area contributed by atoms with Crippen LogP contribution in [0, 0.1) is 6.92 Å². The second-order valence-electron chi connectivity index (χ2n) is 6.44. The van der Waals surface area contributed by atoms with E-state index in [1.807, 2.05) is 49.4 Å². The van der Waals surface area contributed by atoms with Gasteiger partial charge in [-0.2, -0.15) is 0 Å². The number of anilines is 1. The molecule has 2 N–H and O–H groups in total. The van der Waals surface area contributed by atoms with Crippen molar-refractivity contribution in [2.75, 3.05) is 12.4 Å². The molecule has 0 fully saturated rings. The summed E-state index contributed by atoms with van der Waals surface area (Å²) in [5.41, 5.74) is 5.06. The Kier molecular flexibility index (Phi) is 4.88. The molecular formula is C22H18BrN3O2. The first-order valence-corrected chi connectivity index (χ1v) is 9.55. The summed E-state index contributed by atoms with van der Waals surface area (Å²) in [6, 6.07) is 19.0. The number of aryl methyl sites for hydroxylation is 1. The second kappa shape index (κ2) is 7.48. The van der Waals surface area contributed by atoms with Crippen molar-refractivity contribution in [2.24, 2.45) is 0 Å². The van der Waals surface area contributed by atoms with Crippen LogP contribution in [-0.4, -0.2) is 23.0 Å². The molecule has 0 radical (unpaired) electrons. The van der Waals surface area contributed by atoms with Gasteiger partial charge in [0.05, 0.1) is 22.6 Å². The van der Waals surface area contributed by atoms with Gasteiger partial charge in [-0.15, -0.1) is 0 Å². The van der Waals surface area contributed by atoms with Gasteiger partial charge in [0.2, 0.25) is 0 Å². The number of ether oxygens (including phenoxy) is 1. The Morgan fingerprint density at radius 2 is 1.93 bits per heavy atom. The van der Waals surface area contributed by atoms with E-state index in [1.54, 1.807) is 25.3 Å². The number of aromatic nitrogens is 2. The molecule has 1 heterocycles. The highest BCUT2D eigenvalue weighted by Crippen LogP contribution is 2.28. The molecule has 4 aromatic rings. The minimum absolute atomic E-state index is 0.187. The molecule has 0 aliphatic rings. The van der Waals surface area contributed by atoms with Gasteiger partial charge < -0.3 is 15.0 Å². The lowest BCUT2D eigenvalue weighted by Gasteiger charge is -2.11. The Morgan fingerprint density at radius 1 is 1.11 bits per heavy atom. The number of nitrogens with zero attached hydrogens (tertiary/aromatic N) is 1. The van der Waals surface area contributed by atoms with Crippen LogP contribution in [0.1, 0.15) is 15.9 Å². The number of rotatable bonds is 4. The number of aromatic amines is 1. The molecule has 0 spiro atoms. The first-order chi connectivity index (χ1) is 13.5. The zero-order valence-corrected chi connectivity index (χ0v) is 17.0. The number of carbonyl (C=O) groups excluding carboxylic acids is 1. The van der Waals surface area contributed by atoms with Crippen LogP contribution in [-0.2, 0) is 0 Å². The third kappa shape index (κ3) is 3.51. The van der Waals surface area contributed by atoms with Crippen LogP contribution in [0.15, 0.2) is 65.1 Å². The van der Waals surface area contributed by atoms with Crippen LogP contribution in [0.5, 0.6) is 5.75 Å². The number of methoxy groups -OCH3 is 1. The van der Waals surface area contributed by atoms with Gasteiger partial charge in [0.1, 0.15) is 11.6 Å². The largest absolute Gasteiger partial charge is 0.496 e. The van der Waals surface area contributed by atoms with E-state index >= 15 is 0 Å². The Balaban J connectivity index is 1.63. The van der Waals surface area contributed by atoms with Crippen molar-refractivity contribution in [2.45, 2.75) is 6.92 Å². The standard InChI is InChI=1S/C22H18BrN3O2/c1-13-7-8-14(21-24-17-5-3-4-6-18(17)25-21)12-19(13)26-22(27)15-9-10-20(28-2)16(23)11-15/h3-12H,1-2H3,(H,24,25)(H,26,27). The second-order valence-corrected chi connectivity index (χ2v) is 7.29. The normalized spacial score (nSPS) is 10.8. The molecule has 0 saturated carbocycles. The van der Waals surface area contributed by atoms with Crippen molar-refractivity contribution in [1.29, 1.82) is 0 Å². The molecule has 5 nitrogen and oxygen atoms in total. The zero-order valence-electron chi connectivity index (χ0n) is 15.4. The lowest BCUT2D eigenvalue weighted by molar-refractivity contribution is 0.102. The molecule has 3 aromatic carbocycles. The van der Waals surface area contributed by atoms with Crippen LogP contribution < -0.4 is 10.1 Å². The molecule has 0 aliphatic heterocycles. The van der Waals surface area contributed by atoms with Crippen LogP contribution in [0.2, 0.25) is 0 Å². The molecule has 0 unspecified atom stereocenters. The summed E-state index contributed by atoms with van der Waals surface area (Å²) in [5, 5.41) is 2.99. The van der Waals surface area contributed by atoms with Gasteiger partial charge in [-0.3, -0.25) is 4.79 Å². The summed E-state index contributed by atoms with van der Waals surface area (Å²) in [6.07, 6.45) is 0. The van der Waals surface area contributed by atoms with E-state index < -0.39 is 0 Å². The average Bonchev–Trinajstić information content (AvgIpc) is 3.13. The summed E-state index contributed by atoms with van der Waals surface area (Å²) >= 11 is 3.42. The third-order valence-corrected chi connectivity index (χ3v) is 5.18. The number of carbonyl (C=O) groups is 1. The van der Waals surface area contributed by atoms with Crippen molar-refractivity contribution in [3.05, 3.63) is 76.3 Å². The lowest BCUT2D eigenvalue weighted by atomic mass is 10.1. The van der Waals surface area contributed by atoms with Gasteiger partial charge in [-0.25, -0.2) is 4.98 Å². The van der Waals surface area contributed by atoms with Crippen LogP contribution >= 0.6 is 15.9 Å². The maximum atomic E-state index is 12.7. The first-order valence-electron chi connectivity index (χ1n) is 8.76. The quantitative estimate of drug-likeness (QED) is 0.440. The smallest absolute Gasteiger partial charge is 0.255 e. The molecule has 140 valence electrons. The van der Waals surface area contributed by atoms with E-state index in [0.717, 1.165) is 38.1 Å². The Hall–Kier alpha value is -3.12. The Morgan fingerprint density at radius 3 is 2.68 bits per heavy atom. The molecule has 0 aliphatic carbocycles. The van der Waals surface area contributed by atoms with Gasteiger partial charge in [-0.05, 0) is 64.8 Å². The van der Waals surface area contributed by atoms with Crippen LogP contribution in [0.3, 0.4) is 0 Å². The summed E-state index contributed by atoms with van der Waals surface area (Å²) in [5.74, 6) is 1.26. The molecule has 0 atom stereocenters. The number of hydrogen-bond acceptors (Lipinski definition) is 3. The number of imidazole rings is 1. The van der Waals surface area contributed by atoms with Crippen LogP contribution in [0.25, 0.3) is 22.4 Å². The first kappa shape index (κ1) is 18.3. The summed E-state index contributed by atoms with van der Waals surface area (Å²) < 4.78 is 5.95. The maximum Gasteiger partial charge on any atom is 0.255 e. The number of para-hydroxylation sites is 2. The molecule has 0 saturated heterocycles. The molecular weight excluding hydrogens is 418 g/mol. The molecule has 0 bridgehead atoms. The number of H-pyrrole nitrogens is 1. The molecule has 6 heteroatoms. The van der Waals surface area contributed by atoms with Gasteiger partial charge >= 0.3 is 0 Å². The Bertz CT molecular complexity index is 1150. The number of fused-ring (bicyclic) bond motifs is 1. The monoisotopic (exact) mass is 435 g/mol. The van der Waals surface area contributed by atoms with E-state index in [1.165, 1.54) is 0 Å². The minimum Gasteiger partial charge on any atom is -0.496 e. The third-order valence-electron chi connectivity index (χ3n) is 4.56. The highest BCUT2D eigenvalue weighted by Gasteiger charge is 2.12. The number of hydrogen-bond donors (Lipinski definition) is 2. The van der Waals surface area contributed by atoms with Gasteiger partial charge in [0, 0.05) is 16.8 Å². The van der Waals surface area contributed by atoms with Crippen LogP contribution in [0.4, 0.5) is 5.69 Å².